The molecule has 7 heteroatoms. The second-order valence-corrected chi connectivity index (χ2v) is 4.33. The van der Waals surface area contributed by atoms with Gasteiger partial charge in [0.2, 0.25) is 0 Å². The average molecular weight is 265 g/mol. The van der Waals surface area contributed by atoms with E-state index >= 15 is 0 Å². The molecule has 2 heterocycles. The van der Waals surface area contributed by atoms with Crippen molar-refractivity contribution < 1.29 is 14.5 Å². The molecule has 0 bridgehead atoms. The molecule has 7 nitrogen and oxygen atoms in total. The van der Waals surface area contributed by atoms with E-state index in [4.69, 9.17) is 4.74 Å². The summed E-state index contributed by atoms with van der Waals surface area (Å²) in [5.74, 6) is -0.587. The predicted octanol–water partition coefficient (Wildman–Crippen LogP) is 1.52. The summed E-state index contributed by atoms with van der Waals surface area (Å²) in [4.78, 5) is 27.8. The van der Waals surface area contributed by atoms with E-state index in [0.29, 0.717) is 18.7 Å². The molecular formula is C12H15N3O4. The number of carbonyl (C=O) groups excluding carboxylic acids is 1. The number of methoxy groups -OCH3 is 1. The molecule has 0 amide bonds. The summed E-state index contributed by atoms with van der Waals surface area (Å²) < 4.78 is 4.77. The lowest BCUT2D eigenvalue weighted by molar-refractivity contribution is -0.388. The van der Waals surface area contributed by atoms with Gasteiger partial charge in [-0.25, -0.2) is 4.79 Å². The van der Waals surface area contributed by atoms with Gasteiger partial charge in [0.05, 0.1) is 7.11 Å². The fraction of sp³-hybridized carbons (Fsp3) is 0.500. The maximum atomic E-state index is 11.8. The summed E-state index contributed by atoms with van der Waals surface area (Å²) in [5, 5.41) is 11.0. The van der Waals surface area contributed by atoms with Crippen LogP contribution in [-0.4, -0.2) is 35.6 Å². The molecule has 1 fully saturated rings. The number of hydrogen-bond donors (Lipinski definition) is 0. The van der Waals surface area contributed by atoms with Crippen LogP contribution in [0.5, 0.6) is 0 Å². The molecule has 0 saturated carbocycles. The van der Waals surface area contributed by atoms with Crippen molar-refractivity contribution in [3.05, 3.63) is 28.4 Å². The first-order valence-electron chi connectivity index (χ1n) is 6.09. The van der Waals surface area contributed by atoms with Gasteiger partial charge >= 0.3 is 11.8 Å². The van der Waals surface area contributed by atoms with Gasteiger partial charge in [-0.3, -0.25) is 0 Å². The van der Waals surface area contributed by atoms with Crippen molar-refractivity contribution in [2.45, 2.75) is 25.3 Å². The van der Waals surface area contributed by atoms with Gasteiger partial charge in [0.25, 0.3) is 0 Å². The molecule has 1 atom stereocenters. The van der Waals surface area contributed by atoms with E-state index in [1.807, 2.05) is 0 Å². The molecule has 1 aromatic rings. The summed E-state index contributed by atoms with van der Waals surface area (Å²) >= 11 is 0. The van der Waals surface area contributed by atoms with Gasteiger partial charge in [0, 0.05) is 6.54 Å². The number of nitrogens with zero attached hydrogens (tertiary/aromatic N) is 3. The van der Waals surface area contributed by atoms with Crippen molar-refractivity contribution in [2.75, 3.05) is 18.6 Å². The highest BCUT2D eigenvalue weighted by Gasteiger charge is 2.33. The molecule has 0 aromatic carbocycles. The maximum Gasteiger partial charge on any atom is 0.387 e. The zero-order valence-corrected chi connectivity index (χ0v) is 10.6. The van der Waals surface area contributed by atoms with Crippen LogP contribution in [-0.2, 0) is 9.53 Å². The van der Waals surface area contributed by atoms with Gasteiger partial charge in [-0.1, -0.05) is 0 Å². The Morgan fingerprint density at radius 1 is 1.58 bits per heavy atom. The third-order valence-electron chi connectivity index (χ3n) is 3.22. The summed E-state index contributed by atoms with van der Waals surface area (Å²) in [6.07, 6.45) is 3.81. The molecular weight excluding hydrogens is 250 g/mol. The topological polar surface area (TPSA) is 85.6 Å². The van der Waals surface area contributed by atoms with Gasteiger partial charge < -0.3 is 19.8 Å². The van der Waals surface area contributed by atoms with Crippen molar-refractivity contribution >= 4 is 17.5 Å². The summed E-state index contributed by atoms with van der Waals surface area (Å²) in [7, 11) is 1.33. The monoisotopic (exact) mass is 265 g/mol. The van der Waals surface area contributed by atoms with Gasteiger partial charge in [-0.05, 0) is 41.3 Å². The van der Waals surface area contributed by atoms with Gasteiger partial charge in [0.15, 0.2) is 0 Å². The van der Waals surface area contributed by atoms with E-state index in [1.165, 1.54) is 13.3 Å². The second-order valence-electron chi connectivity index (χ2n) is 4.33. The minimum atomic E-state index is -0.529. The van der Waals surface area contributed by atoms with E-state index < -0.39 is 11.0 Å². The van der Waals surface area contributed by atoms with Crippen LogP contribution in [0.1, 0.15) is 19.3 Å². The number of piperidine rings is 1. The Kier molecular flexibility index (Phi) is 3.94. The molecule has 1 aliphatic heterocycles. The Labute approximate surface area is 110 Å². The minimum Gasteiger partial charge on any atom is -0.467 e. The van der Waals surface area contributed by atoms with Crippen molar-refractivity contribution in [1.82, 2.24) is 4.98 Å². The van der Waals surface area contributed by atoms with Crippen LogP contribution in [0.15, 0.2) is 18.3 Å². The number of ether oxygens (including phenoxy) is 1. The molecule has 1 aliphatic rings. The third-order valence-corrected chi connectivity index (χ3v) is 3.22. The molecule has 0 spiro atoms. The number of nitro groups is 1. The lowest BCUT2D eigenvalue weighted by Crippen LogP contribution is -2.45. The first-order valence-corrected chi connectivity index (χ1v) is 6.09. The van der Waals surface area contributed by atoms with Crippen LogP contribution in [0.4, 0.5) is 11.5 Å². The molecule has 2 rings (SSSR count). The molecule has 0 N–H and O–H groups in total. The Hall–Kier alpha value is -2.18. The molecule has 19 heavy (non-hydrogen) atoms. The predicted molar refractivity (Wildman–Crippen MR) is 67.9 cm³/mol. The molecule has 0 radical (unpaired) electrons. The van der Waals surface area contributed by atoms with E-state index in [1.54, 1.807) is 17.0 Å². The standard InChI is InChI=1S/C12H15N3O4/c1-19-12(16)10-5-2-3-8-14(10)9-6-4-7-13-11(9)15(17)18/h4,6-7,10H,2-3,5,8H2,1H3. The summed E-state index contributed by atoms with van der Waals surface area (Å²) in [6, 6.07) is 2.78. The number of pyridine rings is 1. The number of carbonyl (C=O) groups is 1. The quantitative estimate of drug-likeness (QED) is 0.468. The number of hydrogen-bond acceptors (Lipinski definition) is 6. The first kappa shape index (κ1) is 13.3. The van der Waals surface area contributed by atoms with Crippen LogP contribution >= 0.6 is 0 Å². The van der Waals surface area contributed by atoms with E-state index in [-0.39, 0.29) is 11.8 Å². The van der Waals surface area contributed by atoms with Crippen molar-refractivity contribution in [3.8, 4) is 0 Å². The molecule has 1 aromatic heterocycles. The van der Waals surface area contributed by atoms with Crippen LogP contribution < -0.4 is 4.90 Å². The van der Waals surface area contributed by atoms with Crippen LogP contribution in [0, 0.1) is 10.1 Å². The molecule has 0 aliphatic carbocycles. The Balaban J connectivity index is 2.37. The molecule has 1 unspecified atom stereocenters. The maximum absolute atomic E-state index is 11.8. The highest BCUT2D eigenvalue weighted by Crippen LogP contribution is 2.31. The first-order chi connectivity index (χ1) is 9.15. The number of esters is 1. The highest BCUT2D eigenvalue weighted by molar-refractivity contribution is 5.81. The lowest BCUT2D eigenvalue weighted by Gasteiger charge is -2.34. The normalized spacial score (nSPS) is 19.0. The van der Waals surface area contributed by atoms with Crippen LogP contribution in [0.2, 0.25) is 0 Å². The van der Waals surface area contributed by atoms with Crippen LogP contribution in [0.3, 0.4) is 0 Å². The fourth-order valence-electron chi connectivity index (χ4n) is 2.35. The van der Waals surface area contributed by atoms with Crippen molar-refractivity contribution in [2.24, 2.45) is 0 Å². The summed E-state index contributed by atoms with van der Waals surface area (Å²) in [6.45, 7) is 0.590. The fourth-order valence-corrected chi connectivity index (χ4v) is 2.35. The Morgan fingerprint density at radius 3 is 3.05 bits per heavy atom. The molecule has 1 saturated heterocycles. The zero-order valence-electron chi connectivity index (χ0n) is 10.6. The highest BCUT2D eigenvalue weighted by atomic mass is 16.6. The zero-order chi connectivity index (χ0) is 13.8. The Bertz CT molecular complexity index is 492. The largest absolute Gasteiger partial charge is 0.467 e. The average Bonchev–Trinajstić information content (AvgIpc) is 2.46. The van der Waals surface area contributed by atoms with Crippen molar-refractivity contribution in [3.63, 3.8) is 0 Å². The number of aromatic nitrogens is 1. The molecule has 102 valence electrons. The van der Waals surface area contributed by atoms with Crippen molar-refractivity contribution in [1.29, 1.82) is 0 Å². The van der Waals surface area contributed by atoms with E-state index in [0.717, 1.165) is 12.8 Å². The van der Waals surface area contributed by atoms with E-state index in [2.05, 4.69) is 4.98 Å². The van der Waals surface area contributed by atoms with Gasteiger partial charge in [-0.2, -0.15) is 0 Å². The minimum absolute atomic E-state index is 0.224. The second kappa shape index (κ2) is 5.64. The lowest BCUT2D eigenvalue weighted by atomic mass is 10.0. The number of anilines is 1. The number of rotatable bonds is 3. The summed E-state index contributed by atoms with van der Waals surface area (Å²) in [5.41, 5.74) is 0.377. The van der Waals surface area contributed by atoms with Gasteiger partial charge in [0.1, 0.15) is 17.9 Å². The third kappa shape index (κ3) is 2.64. The van der Waals surface area contributed by atoms with Crippen LogP contribution in [0.25, 0.3) is 0 Å². The SMILES string of the molecule is COC(=O)C1CCCCN1c1cccnc1[N+](=O)[O-]. The van der Waals surface area contributed by atoms with E-state index in [9.17, 15) is 14.9 Å². The van der Waals surface area contributed by atoms with Gasteiger partial charge in [-0.15, -0.1) is 0 Å². The smallest absolute Gasteiger partial charge is 0.387 e. The Morgan fingerprint density at radius 2 is 2.37 bits per heavy atom.